The largest absolute Gasteiger partial charge is 0.381 e. The molecule has 1 fully saturated rings. The molecule has 0 aromatic carbocycles. The third kappa shape index (κ3) is 4.43. The number of rotatable bonds is 7. The van der Waals surface area contributed by atoms with E-state index in [1.165, 1.54) is 0 Å². The molecule has 1 saturated heterocycles. The van der Waals surface area contributed by atoms with Crippen LogP contribution in [0.2, 0.25) is 0 Å². The molecule has 1 amide bonds. The highest BCUT2D eigenvalue weighted by molar-refractivity contribution is 5.81. The molecule has 5 heteroatoms. The van der Waals surface area contributed by atoms with E-state index in [0.29, 0.717) is 6.54 Å². The van der Waals surface area contributed by atoms with Crippen LogP contribution in [-0.2, 0) is 9.53 Å². The molecule has 118 valence electrons. The molecular weight excluding hydrogens is 254 g/mol. The van der Waals surface area contributed by atoms with E-state index in [4.69, 9.17) is 10.5 Å². The maximum Gasteiger partial charge on any atom is 0.237 e. The molecule has 0 radical (unpaired) electrons. The molecule has 0 aliphatic carbocycles. The fourth-order valence-electron chi connectivity index (χ4n) is 2.95. The topological polar surface area (TPSA) is 67.6 Å². The lowest BCUT2D eigenvalue weighted by atomic mass is 9.97. The molecule has 0 spiro atoms. The molecule has 3 N–H and O–H groups in total. The van der Waals surface area contributed by atoms with Crippen LogP contribution in [-0.4, -0.2) is 55.2 Å². The molecule has 0 bridgehead atoms. The van der Waals surface area contributed by atoms with Gasteiger partial charge in [-0.15, -0.1) is 0 Å². The number of carbonyl (C=O) groups excluding carboxylic acids is 1. The first-order chi connectivity index (χ1) is 9.57. The van der Waals surface area contributed by atoms with E-state index >= 15 is 0 Å². The van der Waals surface area contributed by atoms with Crippen LogP contribution < -0.4 is 11.1 Å². The maximum absolute atomic E-state index is 12.4. The van der Waals surface area contributed by atoms with Crippen LogP contribution in [0.4, 0.5) is 0 Å². The van der Waals surface area contributed by atoms with Gasteiger partial charge in [0.25, 0.3) is 0 Å². The molecule has 0 aromatic heterocycles. The monoisotopic (exact) mass is 285 g/mol. The second-order valence-corrected chi connectivity index (χ2v) is 5.71. The van der Waals surface area contributed by atoms with Gasteiger partial charge in [0.05, 0.1) is 12.1 Å². The Bertz CT molecular complexity index is 295. The number of amides is 1. The van der Waals surface area contributed by atoms with Gasteiger partial charge in [0.15, 0.2) is 0 Å². The summed E-state index contributed by atoms with van der Waals surface area (Å²) in [6.45, 7) is 7.63. The summed E-state index contributed by atoms with van der Waals surface area (Å²) in [4.78, 5) is 14.6. The highest BCUT2D eigenvalue weighted by Gasteiger charge is 2.33. The van der Waals surface area contributed by atoms with Crippen LogP contribution in [0.1, 0.15) is 46.5 Å². The van der Waals surface area contributed by atoms with Crippen molar-refractivity contribution in [2.24, 2.45) is 5.73 Å². The van der Waals surface area contributed by atoms with Crippen molar-refractivity contribution in [1.29, 1.82) is 0 Å². The molecule has 1 aliphatic heterocycles. The Labute approximate surface area is 123 Å². The fraction of sp³-hybridized carbons (Fsp3) is 0.933. The quantitative estimate of drug-likeness (QED) is 0.735. The predicted molar refractivity (Wildman–Crippen MR) is 81.6 cm³/mol. The highest BCUT2D eigenvalue weighted by atomic mass is 16.5. The van der Waals surface area contributed by atoms with Crippen LogP contribution >= 0.6 is 0 Å². The molecule has 3 unspecified atom stereocenters. The second kappa shape index (κ2) is 8.60. The predicted octanol–water partition coefficient (Wildman–Crippen LogP) is 1.12. The van der Waals surface area contributed by atoms with Gasteiger partial charge in [-0.2, -0.15) is 0 Å². The van der Waals surface area contributed by atoms with E-state index in [2.05, 4.69) is 24.1 Å². The van der Waals surface area contributed by atoms with Gasteiger partial charge in [0, 0.05) is 32.3 Å². The number of ether oxygens (including phenoxy) is 1. The van der Waals surface area contributed by atoms with E-state index in [-0.39, 0.29) is 30.1 Å². The molecule has 0 aromatic rings. The minimum absolute atomic E-state index is 0.119. The first-order valence-corrected chi connectivity index (χ1v) is 7.86. The van der Waals surface area contributed by atoms with Gasteiger partial charge in [-0.25, -0.2) is 0 Å². The van der Waals surface area contributed by atoms with Crippen molar-refractivity contribution in [3.05, 3.63) is 0 Å². The molecule has 5 nitrogen and oxygen atoms in total. The number of methoxy groups -OCH3 is 1. The van der Waals surface area contributed by atoms with Crippen LogP contribution in [0, 0.1) is 0 Å². The lowest BCUT2D eigenvalue weighted by molar-refractivity contribution is -0.129. The van der Waals surface area contributed by atoms with E-state index in [1.807, 2.05) is 6.92 Å². The Morgan fingerprint density at radius 1 is 1.45 bits per heavy atom. The van der Waals surface area contributed by atoms with Gasteiger partial charge >= 0.3 is 0 Å². The summed E-state index contributed by atoms with van der Waals surface area (Å²) in [6.07, 6.45) is 4.10. The molecule has 1 heterocycles. The molecule has 1 rings (SSSR count). The smallest absolute Gasteiger partial charge is 0.237 e. The average Bonchev–Trinajstić information content (AvgIpc) is 2.50. The van der Waals surface area contributed by atoms with Crippen LogP contribution in [0.25, 0.3) is 0 Å². The SMILES string of the molecule is CCC(CC)NC(=O)C(C)N1CCC(OC)CC1CN. The Morgan fingerprint density at radius 3 is 2.60 bits per heavy atom. The summed E-state index contributed by atoms with van der Waals surface area (Å²) in [5.74, 6) is 0.119. The summed E-state index contributed by atoms with van der Waals surface area (Å²) in [6, 6.07) is 0.385. The number of nitrogens with two attached hydrogens (primary N) is 1. The van der Waals surface area contributed by atoms with Gasteiger partial charge in [-0.3, -0.25) is 9.69 Å². The maximum atomic E-state index is 12.4. The van der Waals surface area contributed by atoms with Crippen molar-refractivity contribution in [2.75, 3.05) is 20.2 Å². The number of hydrogen-bond donors (Lipinski definition) is 2. The second-order valence-electron chi connectivity index (χ2n) is 5.71. The Morgan fingerprint density at radius 2 is 2.10 bits per heavy atom. The van der Waals surface area contributed by atoms with E-state index in [0.717, 1.165) is 32.2 Å². The number of nitrogens with one attached hydrogen (secondary N) is 1. The van der Waals surface area contributed by atoms with Crippen molar-refractivity contribution in [2.45, 2.75) is 70.7 Å². The standard InChI is InChI=1S/C15H31N3O2/c1-5-12(6-2)17-15(19)11(3)18-8-7-14(20-4)9-13(18)10-16/h11-14H,5-10,16H2,1-4H3,(H,17,19). The Kier molecular flexibility index (Phi) is 7.48. The third-order valence-electron chi connectivity index (χ3n) is 4.53. The average molecular weight is 285 g/mol. The number of carbonyl (C=O) groups is 1. The van der Waals surface area contributed by atoms with E-state index < -0.39 is 0 Å². The first-order valence-electron chi connectivity index (χ1n) is 7.86. The van der Waals surface area contributed by atoms with Crippen LogP contribution in [0.15, 0.2) is 0 Å². The molecule has 0 saturated carbocycles. The molecule has 3 atom stereocenters. The number of likely N-dealkylation sites (tertiary alicyclic amines) is 1. The van der Waals surface area contributed by atoms with Gasteiger partial charge in [0.1, 0.15) is 0 Å². The van der Waals surface area contributed by atoms with Crippen molar-refractivity contribution in [3.63, 3.8) is 0 Å². The molecular formula is C15H31N3O2. The number of piperidine rings is 1. The molecule has 1 aliphatic rings. The Balaban J connectivity index is 2.60. The van der Waals surface area contributed by atoms with E-state index in [9.17, 15) is 4.79 Å². The summed E-state index contributed by atoms with van der Waals surface area (Å²) in [5, 5.41) is 3.13. The normalized spacial score (nSPS) is 25.7. The highest BCUT2D eigenvalue weighted by Crippen LogP contribution is 2.21. The zero-order valence-electron chi connectivity index (χ0n) is 13.4. The van der Waals surface area contributed by atoms with Crippen molar-refractivity contribution in [3.8, 4) is 0 Å². The first kappa shape index (κ1) is 17.4. The van der Waals surface area contributed by atoms with Crippen molar-refractivity contribution in [1.82, 2.24) is 10.2 Å². The Hall–Kier alpha value is -0.650. The molecule has 20 heavy (non-hydrogen) atoms. The van der Waals surface area contributed by atoms with Gasteiger partial charge < -0.3 is 15.8 Å². The van der Waals surface area contributed by atoms with Crippen molar-refractivity contribution < 1.29 is 9.53 Å². The lowest BCUT2D eigenvalue weighted by Gasteiger charge is -2.41. The van der Waals surface area contributed by atoms with Gasteiger partial charge in [-0.05, 0) is 32.6 Å². The zero-order chi connectivity index (χ0) is 15.1. The van der Waals surface area contributed by atoms with Gasteiger partial charge in [0.2, 0.25) is 5.91 Å². The van der Waals surface area contributed by atoms with Crippen LogP contribution in [0.3, 0.4) is 0 Å². The summed E-state index contributed by atoms with van der Waals surface area (Å²) < 4.78 is 5.43. The van der Waals surface area contributed by atoms with Crippen molar-refractivity contribution >= 4 is 5.91 Å². The fourth-order valence-corrected chi connectivity index (χ4v) is 2.95. The zero-order valence-corrected chi connectivity index (χ0v) is 13.4. The summed E-state index contributed by atoms with van der Waals surface area (Å²) in [5.41, 5.74) is 5.87. The minimum atomic E-state index is -0.123. The number of hydrogen-bond acceptors (Lipinski definition) is 4. The summed E-state index contributed by atoms with van der Waals surface area (Å²) in [7, 11) is 1.75. The third-order valence-corrected chi connectivity index (χ3v) is 4.53. The lowest BCUT2D eigenvalue weighted by Crippen LogP contribution is -2.57. The van der Waals surface area contributed by atoms with Crippen LogP contribution in [0.5, 0.6) is 0 Å². The number of nitrogens with zero attached hydrogens (tertiary/aromatic N) is 1. The van der Waals surface area contributed by atoms with Gasteiger partial charge in [-0.1, -0.05) is 13.8 Å². The van der Waals surface area contributed by atoms with E-state index in [1.54, 1.807) is 7.11 Å². The summed E-state index contributed by atoms with van der Waals surface area (Å²) >= 11 is 0. The minimum Gasteiger partial charge on any atom is -0.381 e.